The van der Waals surface area contributed by atoms with E-state index >= 15 is 0 Å². The third-order valence-corrected chi connectivity index (χ3v) is 3.57. The molecule has 0 aromatic carbocycles. The molecule has 0 fully saturated rings. The summed E-state index contributed by atoms with van der Waals surface area (Å²) in [6, 6.07) is -0.340. The zero-order chi connectivity index (χ0) is 14.3. The third-order valence-electron chi connectivity index (χ3n) is 3.57. The van der Waals surface area contributed by atoms with Gasteiger partial charge in [-0.05, 0) is 19.4 Å². The second-order valence-corrected chi connectivity index (χ2v) is 5.46. The number of unbranched alkanes of at least 4 members (excludes halogenated alkanes) is 8. The highest BCUT2D eigenvalue weighted by atomic mass is 16.4. The molecule has 0 aromatic heterocycles. The number of hydrogen-bond acceptors (Lipinski definition) is 2. The number of hydrogen-bond donors (Lipinski definition) is 2. The number of carboxylic acids is 1. The zero-order valence-electron chi connectivity index (χ0n) is 12.9. The maximum Gasteiger partial charge on any atom is 0.320 e. The molecule has 2 N–H and O–H groups in total. The molecule has 0 spiro atoms. The minimum Gasteiger partial charge on any atom is -0.480 e. The van der Waals surface area contributed by atoms with Gasteiger partial charge in [0.05, 0.1) is 0 Å². The molecule has 19 heavy (non-hydrogen) atoms. The lowest BCUT2D eigenvalue weighted by atomic mass is 10.1. The molecular formula is C16H33NO2. The van der Waals surface area contributed by atoms with Crippen LogP contribution >= 0.6 is 0 Å². The average molecular weight is 271 g/mol. The fourth-order valence-electron chi connectivity index (χ4n) is 2.27. The summed E-state index contributed by atoms with van der Waals surface area (Å²) in [6.45, 7) is 5.24. The molecule has 0 saturated carbocycles. The Kier molecular flexibility index (Phi) is 13.4. The largest absolute Gasteiger partial charge is 0.480 e. The fraction of sp³-hybridized carbons (Fsp3) is 0.938. The monoisotopic (exact) mass is 271 g/mol. The topological polar surface area (TPSA) is 49.3 Å². The van der Waals surface area contributed by atoms with Crippen LogP contribution in [0.15, 0.2) is 0 Å². The summed E-state index contributed by atoms with van der Waals surface area (Å²) in [4.78, 5) is 11.1. The van der Waals surface area contributed by atoms with Gasteiger partial charge in [-0.2, -0.15) is 0 Å². The van der Waals surface area contributed by atoms with Crippen LogP contribution < -0.4 is 5.32 Å². The van der Waals surface area contributed by atoms with E-state index in [4.69, 9.17) is 5.11 Å². The van der Waals surface area contributed by atoms with E-state index in [1.54, 1.807) is 0 Å². The van der Waals surface area contributed by atoms with Crippen molar-refractivity contribution in [2.45, 2.75) is 90.5 Å². The molecule has 0 aliphatic heterocycles. The number of aliphatic carboxylic acids is 1. The number of carboxylic acid groups (broad SMARTS) is 1. The normalized spacial score (nSPS) is 12.5. The van der Waals surface area contributed by atoms with Crippen LogP contribution in [0.1, 0.15) is 84.5 Å². The smallest absolute Gasteiger partial charge is 0.320 e. The molecule has 0 heterocycles. The molecule has 1 unspecified atom stereocenters. The Hall–Kier alpha value is -0.570. The molecule has 0 aromatic rings. The summed E-state index contributed by atoms with van der Waals surface area (Å²) in [6.07, 6.45) is 12.8. The first-order valence-electron chi connectivity index (χ1n) is 8.18. The van der Waals surface area contributed by atoms with Gasteiger partial charge in [-0.1, -0.05) is 71.6 Å². The molecule has 0 bridgehead atoms. The van der Waals surface area contributed by atoms with Gasteiger partial charge in [-0.3, -0.25) is 4.79 Å². The first kappa shape index (κ1) is 18.4. The first-order valence-corrected chi connectivity index (χ1v) is 8.18. The summed E-state index contributed by atoms with van der Waals surface area (Å²) < 4.78 is 0. The van der Waals surface area contributed by atoms with E-state index in [2.05, 4.69) is 19.2 Å². The number of carbonyl (C=O) groups is 1. The molecule has 0 aliphatic carbocycles. The standard InChI is InChI=1S/C16H33NO2/c1-3-5-7-9-10-11-13-15(16(18)19)17-14-12-8-6-4-2/h15,17H,3-14H2,1-2H3,(H,18,19). The van der Waals surface area contributed by atoms with Crippen molar-refractivity contribution in [3.8, 4) is 0 Å². The molecule has 0 rings (SSSR count). The maximum absolute atomic E-state index is 11.1. The van der Waals surface area contributed by atoms with E-state index in [1.165, 1.54) is 51.4 Å². The van der Waals surface area contributed by atoms with Crippen LogP contribution in [0.4, 0.5) is 0 Å². The predicted molar refractivity (Wildman–Crippen MR) is 81.6 cm³/mol. The third kappa shape index (κ3) is 12.2. The minimum absolute atomic E-state index is 0.340. The van der Waals surface area contributed by atoms with Crippen LogP contribution in [-0.2, 0) is 4.79 Å². The first-order chi connectivity index (χ1) is 9.22. The van der Waals surface area contributed by atoms with Gasteiger partial charge in [0.2, 0.25) is 0 Å². The van der Waals surface area contributed by atoms with Crippen molar-refractivity contribution in [2.24, 2.45) is 0 Å². The lowest BCUT2D eigenvalue weighted by Gasteiger charge is -2.14. The predicted octanol–water partition coefficient (Wildman–Crippen LogP) is 4.36. The van der Waals surface area contributed by atoms with Crippen molar-refractivity contribution in [1.29, 1.82) is 0 Å². The second-order valence-electron chi connectivity index (χ2n) is 5.46. The van der Waals surface area contributed by atoms with Gasteiger partial charge in [-0.25, -0.2) is 0 Å². The molecule has 0 aliphatic rings. The zero-order valence-corrected chi connectivity index (χ0v) is 12.9. The Bertz CT molecular complexity index is 207. The van der Waals surface area contributed by atoms with Crippen molar-refractivity contribution in [2.75, 3.05) is 6.54 Å². The van der Waals surface area contributed by atoms with Crippen LogP contribution in [0.2, 0.25) is 0 Å². The van der Waals surface area contributed by atoms with E-state index in [9.17, 15) is 4.79 Å². The molecule has 0 amide bonds. The van der Waals surface area contributed by atoms with E-state index in [0.717, 1.165) is 25.8 Å². The van der Waals surface area contributed by atoms with E-state index in [-0.39, 0.29) is 6.04 Å². The van der Waals surface area contributed by atoms with Gasteiger partial charge in [0.25, 0.3) is 0 Å². The van der Waals surface area contributed by atoms with Gasteiger partial charge in [0.15, 0.2) is 0 Å². The summed E-state index contributed by atoms with van der Waals surface area (Å²) >= 11 is 0. The highest BCUT2D eigenvalue weighted by molar-refractivity contribution is 5.73. The van der Waals surface area contributed by atoms with Crippen molar-refractivity contribution in [3.05, 3.63) is 0 Å². The fourth-order valence-corrected chi connectivity index (χ4v) is 2.27. The van der Waals surface area contributed by atoms with E-state index < -0.39 is 5.97 Å². The summed E-state index contributed by atoms with van der Waals surface area (Å²) in [5.74, 6) is -0.691. The number of nitrogens with one attached hydrogen (secondary N) is 1. The molecule has 3 nitrogen and oxygen atoms in total. The molecular weight excluding hydrogens is 238 g/mol. The summed E-state index contributed by atoms with van der Waals surface area (Å²) in [5, 5.41) is 12.3. The molecule has 1 atom stereocenters. The highest BCUT2D eigenvalue weighted by Gasteiger charge is 2.15. The van der Waals surface area contributed by atoms with Crippen molar-refractivity contribution < 1.29 is 9.90 Å². The SMILES string of the molecule is CCCCCCCCC(NCCCCCC)C(=O)O. The van der Waals surface area contributed by atoms with Crippen LogP contribution in [0.5, 0.6) is 0 Å². The van der Waals surface area contributed by atoms with E-state index in [1.807, 2.05) is 0 Å². The lowest BCUT2D eigenvalue weighted by Crippen LogP contribution is -2.37. The Balaban J connectivity index is 3.54. The molecule has 0 saturated heterocycles. The molecule has 114 valence electrons. The van der Waals surface area contributed by atoms with E-state index in [0.29, 0.717) is 0 Å². The Morgan fingerprint density at radius 3 is 2.00 bits per heavy atom. The van der Waals surface area contributed by atoms with Crippen LogP contribution in [0.25, 0.3) is 0 Å². The Morgan fingerprint density at radius 1 is 0.895 bits per heavy atom. The summed E-state index contributed by atoms with van der Waals surface area (Å²) in [5.41, 5.74) is 0. The Labute approximate surface area is 119 Å². The molecule has 3 heteroatoms. The van der Waals surface area contributed by atoms with Crippen LogP contribution in [0.3, 0.4) is 0 Å². The van der Waals surface area contributed by atoms with Crippen LogP contribution in [-0.4, -0.2) is 23.7 Å². The second kappa shape index (κ2) is 13.9. The number of rotatable bonds is 14. The van der Waals surface area contributed by atoms with Crippen molar-refractivity contribution >= 4 is 5.97 Å². The van der Waals surface area contributed by atoms with Gasteiger partial charge >= 0.3 is 5.97 Å². The Morgan fingerprint density at radius 2 is 1.42 bits per heavy atom. The van der Waals surface area contributed by atoms with Crippen LogP contribution in [0, 0.1) is 0 Å². The van der Waals surface area contributed by atoms with Crippen molar-refractivity contribution in [1.82, 2.24) is 5.32 Å². The van der Waals surface area contributed by atoms with Gasteiger partial charge in [0.1, 0.15) is 6.04 Å². The van der Waals surface area contributed by atoms with Gasteiger partial charge < -0.3 is 10.4 Å². The van der Waals surface area contributed by atoms with Gasteiger partial charge in [-0.15, -0.1) is 0 Å². The highest BCUT2D eigenvalue weighted by Crippen LogP contribution is 2.09. The van der Waals surface area contributed by atoms with Crippen molar-refractivity contribution in [3.63, 3.8) is 0 Å². The van der Waals surface area contributed by atoms with Gasteiger partial charge in [0, 0.05) is 0 Å². The average Bonchev–Trinajstić information content (AvgIpc) is 2.39. The quantitative estimate of drug-likeness (QED) is 0.461. The summed E-state index contributed by atoms with van der Waals surface area (Å²) in [7, 11) is 0. The molecule has 0 radical (unpaired) electrons. The lowest BCUT2D eigenvalue weighted by molar-refractivity contribution is -0.139. The maximum atomic E-state index is 11.1. The minimum atomic E-state index is -0.691.